The Morgan fingerprint density at radius 2 is 2.41 bits per heavy atom. The summed E-state index contributed by atoms with van der Waals surface area (Å²) in [6.07, 6.45) is 4.46. The first-order valence-electron chi connectivity index (χ1n) is 6.23. The summed E-state index contributed by atoms with van der Waals surface area (Å²) in [6.45, 7) is 2.82. The van der Waals surface area contributed by atoms with Crippen molar-refractivity contribution >= 4 is 5.65 Å². The van der Waals surface area contributed by atoms with Gasteiger partial charge in [-0.3, -0.25) is 0 Å². The second-order valence-electron chi connectivity index (χ2n) is 4.74. The van der Waals surface area contributed by atoms with E-state index in [1.807, 2.05) is 12.1 Å². The van der Waals surface area contributed by atoms with E-state index >= 15 is 0 Å². The van der Waals surface area contributed by atoms with E-state index in [1.54, 1.807) is 0 Å². The zero-order valence-electron chi connectivity index (χ0n) is 9.89. The molecule has 90 valence electrons. The maximum atomic E-state index is 5.73. The summed E-state index contributed by atoms with van der Waals surface area (Å²) in [5, 5.41) is 3.39. The quantitative estimate of drug-likeness (QED) is 0.825. The molecule has 3 rings (SSSR count). The van der Waals surface area contributed by atoms with E-state index in [9.17, 15) is 0 Å². The summed E-state index contributed by atoms with van der Waals surface area (Å²) in [5.74, 6) is 0.737. The number of fused-ring (bicyclic) bond motifs is 1. The normalized spacial score (nSPS) is 20.2. The number of aromatic nitrogens is 2. The van der Waals surface area contributed by atoms with Gasteiger partial charge in [-0.15, -0.1) is 0 Å². The van der Waals surface area contributed by atoms with Crippen LogP contribution in [0.25, 0.3) is 5.65 Å². The zero-order chi connectivity index (χ0) is 11.7. The molecule has 0 saturated carbocycles. The third kappa shape index (κ3) is 2.06. The predicted octanol–water partition coefficient (Wildman–Crippen LogP) is 0.945. The Morgan fingerprint density at radius 3 is 3.18 bits per heavy atom. The van der Waals surface area contributed by atoms with Crippen molar-refractivity contribution in [3.63, 3.8) is 0 Å². The van der Waals surface area contributed by atoms with Crippen molar-refractivity contribution in [2.45, 2.75) is 19.4 Å². The standard InChI is InChI=1S/C13H18N4/c14-7-12-2-1-3-13-16-11(9-17(12)13)6-10-4-5-15-8-10/h1-3,9-10,15H,4-8,14H2. The molecule has 1 aliphatic heterocycles. The first-order chi connectivity index (χ1) is 8.36. The lowest BCUT2D eigenvalue weighted by molar-refractivity contribution is 0.573. The first kappa shape index (κ1) is 10.7. The van der Waals surface area contributed by atoms with Gasteiger partial charge in [0.1, 0.15) is 5.65 Å². The largest absolute Gasteiger partial charge is 0.325 e. The fourth-order valence-corrected chi connectivity index (χ4v) is 2.57. The molecule has 0 bridgehead atoms. The van der Waals surface area contributed by atoms with Crippen LogP contribution in [0.15, 0.2) is 24.4 Å². The van der Waals surface area contributed by atoms with E-state index < -0.39 is 0 Å². The number of rotatable bonds is 3. The minimum Gasteiger partial charge on any atom is -0.325 e. The third-order valence-corrected chi connectivity index (χ3v) is 3.50. The van der Waals surface area contributed by atoms with Gasteiger partial charge in [-0.25, -0.2) is 4.98 Å². The summed E-state index contributed by atoms with van der Waals surface area (Å²) in [4.78, 5) is 4.66. The molecule has 3 heterocycles. The molecule has 3 N–H and O–H groups in total. The molecule has 2 aromatic rings. The van der Waals surface area contributed by atoms with Gasteiger partial charge in [-0.2, -0.15) is 0 Å². The molecule has 0 amide bonds. The lowest BCUT2D eigenvalue weighted by Gasteiger charge is -2.03. The molecule has 0 radical (unpaired) electrons. The Bertz CT molecular complexity index is 511. The van der Waals surface area contributed by atoms with Crippen LogP contribution in [-0.4, -0.2) is 22.5 Å². The average Bonchev–Trinajstić information content (AvgIpc) is 2.97. The van der Waals surface area contributed by atoms with Gasteiger partial charge in [0.15, 0.2) is 0 Å². The van der Waals surface area contributed by atoms with Gasteiger partial charge in [0.05, 0.1) is 5.69 Å². The number of hydrogen-bond acceptors (Lipinski definition) is 3. The van der Waals surface area contributed by atoms with Gasteiger partial charge < -0.3 is 15.5 Å². The van der Waals surface area contributed by atoms with Crippen molar-refractivity contribution in [2.75, 3.05) is 13.1 Å². The van der Waals surface area contributed by atoms with Crippen LogP contribution in [0.3, 0.4) is 0 Å². The fraction of sp³-hybridized carbons (Fsp3) is 0.462. The first-order valence-corrected chi connectivity index (χ1v) is 6.23. The Hall–Kier alpha value is -1.39. The van der Waals surface area contributed by atoms with Gasteiger partial charge in [0.25, 0.3) is 0 Å². The molecule has 1 saturated heterocycles. The Labute approximate surface area is 101 Å². The number of pyridine rings is 1. The van der Waals surface area contributed by atoms with E-state index in [2.05, 4.69) is 27.0 Å². The van der Waals surface area contributed by atoms with E-state index in [1.165, 1.54) is 12.1 Å². The molecule has 2 aromatic heterocycles. The molecule has 1 unspecified atom stereocenters. The SMILES string of the molecule is NCc1cccc2nc(CC3CCNC3)cn12. The minimum atomic E-state index is 0.554. The lowest BCUT2D eigenvalue weighted by atomic mass is 10.0. The van der Waals surface area contributed by atoms with Gasteiger partial charge in [-0.05, 0) is 44.0 Å². The molecule has 17 heavy (non-hydrogen) atoms. The Balaban J connectivity index is 1.90. The van der Waals surface area contributed by atoms with Crippen molar-refractivity contribution in [2.24, 2.45) is 11.7 Å². The number of hydrogen-bond donors (Lipinski definition) is 2. The molecule has 0 aliphatic carbocycles. The van der Waals surface area contributed by atoms with Gasteiger partial charge >= 0.3 is 0 Å². The molecule has 0 aromatic carbocycles. The number of imidazole rings is 1. The Kier molecular flexibility index (Phi) is 2.82. The average molecular weight is 230 g/mol. The highest BCUT2D eigenvalue weighted by atomic mass is 15.0. The molecule has 1 fully saturated rings. The van der Waals surface area contributed by atoms with Crippen molar-refractivity contribution in [3.05, 3.63) is 35.8 Å². The Morgan fingerprint density at radius 1 is 1.47 bits per heavy atom. The van der Waals surface area contributed by atoms with Crippen LogP contribution in [0.2, 0.25) is 0 Å². The van der Waals surface area contributed by atoms with Gasteiger partial charge in [0.2, 0.25) is 0 Å². The van der Waals surface area contributed by atoms with E-state index in [0.29, 0.717) is 6.54 Å². The summed E-state index contributed by atoms with van der Waals surface area (Å²) >= 11 is 0. The lowest BCUT2D eigenvalue weighted by Crippen LogP contribution is -2.10. The highest BCUT2D eigenvalue weighted by Gasteiger charge is 2.16. The van der Waals surface area contributed by atoms with Crippen LogP contribution in [0.1, 0.15) is 17.8 Å². The summed E-state index contributed by atoms with van der Waals surface area (Å²) < 4.78 is 2.11. The molecule has 0 spiro atoms. The summed E-state index contributed by atoms with van der Waals surface area (Å²) in [6, 6.07) is 6.11. The van der Waals surface area contributed by atoms with Crippen molar-refractivity contribution in [1.82, 2.24) is 14.7 Å². The highest BCUT2D eigenvalue weighted by molar-refractivity contribution is 5.41. The molecule has 1 atom stereocenters. The smallest absolute Gasteiger partial charge is 0.137 e. The predicted molar refractivity (Wildman–Crippen MR) is 67.8 cm³/mol. The molecular formula is C13H18N4. The third-order valence-electron chi connectivity index (χ3n) is 3.50. The molecular weight excluding hydrogens is 212 g/mol. The maximum absolute atomic E-state index is 5.73. The van der Waals surface area contributed by atoms with Gasteiger partial charge in [-0.1, -0.05) is 6.07 Å². The van der Waals surface area contributed by atoms with E-state index in [0.717, 1.165) is 36.8 Å². The molecule has 4 heteroatoms. The summed E-state index contributed by atoms with van der Waals surface area (Å²) in [5.41, 5.74) is 9.04. The van der Waals surface area contributed by atoms with Crippen LogP contribution in [0.5, 0.6) is 0 Å². The highest BCUT2D eigenvalue weighted by Crippen LogP contribution is 2.16. The second-order valence-corrected chi connectivity index (χ2v) is 4.74. The molecule has 4 nitrogen and oxygen atoms in total. The van der Waals surface area contributed by atoms with Crippen LogP contribution >= 0.6 is 0 Å². The maximum Gasteiger partial charge on any atom is 0.137 e. The number of nitrogens with one attached hydrogen (secondary N) is 1. The second kappa shape index (κ2) is 4.47. The number of nitrogens with zero attached hydrogens (tertiary/aromatic N) is 2. The molecule has 1 aliphatic rings. The van der Waals surface area contributed by atoms with Crippen molar-refractivity contribution < 1.29 is 0 Å². The van der Waals surface area contributed by atoms with Crippen molar-refractivity contribution in [1.29, 1.82) is 0 Å². The zero-order valence-corrected chi connectivity index (χ0v) is 9.89. The van der Waals surface area contributed by atoms with Crippen LogP contribution in [0.4, 0.5) is 0 Å². The fourth-order valence-electron chi connectivity index (χ4n) is 2.57. The van der Waals surface area contributed by atoms with E-state index in [4.69, 9.17) is 5.73 Å². The van der Waals surface area contributed by atoms with Gasteiger partial charge in [0, 0.05) is 18.4 Å². The van der Waals surface area contributed by atoms with Crippen LogP contribution < -0.4 is 11.1 Å². The van der Waals surface area contributed by atoms with Crippen LogP contribution in [-0.2, 0) is 13.0 Å². The van der Waals surface area contributed by atoms with E-state index in [-0.39, 0.29) is 0 Å². The monoisotopic (exact) mass is 230 g/mol. The summed E-state index contributed by atoms with van der Waals surface area (Å²) in [7, 11) is 0. The van der Waals surface area contributed by atoms with Crippen molar-refractivity contribution in [3.8, 4) is 0 Å². The topological polar surface area (TPSA) is 55.3 Å². The minimum absolute atomic E-state index is 0.554. The number of nitrogens with two attached hydrogens (primary N) is 1. The van der Waals surface area contributed by atoms with Crippen LogP contribution in [0, 0.1) is 5.92 Å².